The molecule has 2 aromatic carbocycles. The molecule has 5 rings (SSSR count). The Morgan fingerprint density at radius 1 is 1.23 bits per heavy atom. The topological polar surface area (TPSA) is 118 Å². The van der Waals surface area contributed by atoms with Crippen LogP contribution in [0.5, 0.6) is 17.4 Å². The van der Waals surface area contributed by atoms with E-state index < -0.39 is 0 Å². The first kappa shape index (κ1) is 27.4. The minimum atomic E-state index is -0.319. The van der Waals surface area contributed by atoms with Gasteiger partial charge in [0.1, 0.15) is 23.7 Å². The van der Waals surface area contributed by atoms with Gasteiger partial charge in [-0.1, -0.05) is 39.7 Å². The second-order valence-corrected chi connectivity index (χ2v) is 9.77. The number of nitriles is 1. The van der Waals surface area contributed by atoms with Crippen LogP contribution in [0.2, 0.25) is 5.02 Å². The summed E-state index contributed by atoms with van der Waals surface area (Å²) in [6.45, 7) is 1.07. The van der Waals surface area contributed by atoms with Crippen LogP contribution in [0.3, 0.4) is 0 Å². The highest BCUT2D eigenvalue weighted by Crippen LogP contribution is 2.38. The van der Waals surface area contributed by atoms with Crippen molar-refractivity contribution in [3.63, 3.8) is 0 Å². The fourth-order valence-electron chi connectivity index (χ4n) is 4.07. The summed E-state index contributed by atoms with van der Waals surface area (Å²) < 4.78 is 17.4. The van der Waals surface area contributed by atoms with E-state index in [1.807, 2.05) is 6.07 Å². The summed E-state index contributed by atoms with van der Waals surface area (Å²) in [5.41, 5.74) is 2.46. The summed E-state index contributed by atoms with van der Waals surface area (Å²) >= 11 is 9.79. The van der Waals surface area contributed by atoms with Gasteiger partial charge in [-0.15, -0.1) is 0 Å². The molecule has 0 spiro atoms. The number of allylic oxidation sites excluding steroid dienone is 1. The summed E-state index contributed by atoms with van der Waals surface area (Å²) in [5.74, 6) is 0.997. The van der Waals surface area contributed by atoms with Gasteiger partial charge in [-0.25, -0.2) is 4.98 Å². The van der Waals surface area contributed by atoms with Crippen LogP contribution in [0.1, 0.15) is 12.0 Å². The number of aromatic nitrogens is 2. The number of pyridine rings is 2. The molecule has 0 saturated carbocycles. The van der Waals surface area contributed by atoms with Crippen LogP contribution < -0.4 is 20.1 Å². The van der Waals surface area contributed by atoms with Crippen molar-refractivity contribution in [2.45, 2.75) is 12.5 Å². The number of hydrogen-bond acceptors (Lipinski definition) is 8. The third kappa shape index (κ3) is 6.51. The minimum absolute atomic E-state index is 0.142. The van der Waals surface area contributed by atoms with Gasteiger partial charge in [-0.05, 0) is 30.3 Å². The number of hydrogen-bond donors (Lipinski definition) is 2. The zero-order valence-electron chi connectivity index (χ0n) is 21.1. The van der Waals surface area contributed by atoms with E-state index in [1.54, 1.807) is 54.7 Å². The lowest BCUT2D eigenvalue weighted by Crippen LogP contribution is -2.18. The Hall–Kier alpha value is -4.17. The maximum absolute atomic E-state index is 12.6. The van der Waals surface area contributed by atoms with Gasteiger partial charge in [-0.2, -0.15) is 5.26 Å². The third-order valence-corrected chi connectivity index (χ3v) is 6.61. The van der Waals surface area contributed by atoms with Gasteiger partial charge in [0.05, 0.1) is 40.7 Å². The van der Waals surface area contributed by atoms with Crippen LogP contribution in [0.25, 0.3) is 10.9 Å². The number of anilines is 3. The van der Waals surface area contributed by atoms with Crippen molar-refractivity contribution in [2.75, 3.05) is 29.2 Å². The number of halogens is 2. The average molecular weight is 621 g/mol. The standard InChI is InChI=1S/C29H23BrClN5O4/c30-9-3-4-27(37)36-24-13-21-23(14-26(24)39-20-8-11-38-17-20)34-16-18(15-32)29(21)35-19-6-7-25(22(31)12-19)40-28-5-1-2-10-33-28/h1-7,10,12-14,16,20H,8-9,11,17H2,(H,34,35)(H,36,37)/b4-3+. The molecule has 0 aliphatic carbocycles. The number of alkyl halides is 1. The quantitative estimate of drug-likeness (QED) is 0.156. The Balaban J connectivity index is 1.51. The highest BCUT2D eigenvalue weighted by atomic mass is 79.9. The monoisotopic (exact) mass is 619 g/mol. The van der Waals surface area contributed by atoms with E-state index in [2.05, 4.69) is 42.6 Å². The smallest absolute Gasteiger partial charge is 0.248 e. The summed E-state index contributed by atoms with van der Waals surface area (Å²) in [6.07, 6.45) is 6.84. The summed E-state index contributed by atoms with van der Waals surface area (Å²) in [4.78, 5) is 21.2. The maximum atomic E-state index is 12.6. The lowest BCUT2D eigenvalue weighted by molar-refractivity contribution is -0.111. The predicted octanol–water partition coefficient (Wildman–Crippen LogP) is 6.75. The Morgan fingerprint density at radius 3 is 2.85 bits per heavy atom. The number of nitrogens with zero attached hydrogens (tertiary/aromatic N) is 3. The summed E-state index contributed by atoms with van der Waals surface area (Å²) in [5, 5.41) is 17.6. The molecule has 1 aliphatic rings. The Morgan fingerprint density at radius 2 is 2.12 bits per heavy atom. The fraction of sp³-hybridized carbons (Fsp3) is 0.172. The number of ether oxygens (including phenoxy) is 3. The first-order valence-corrected chi connectivity index (χ1v) is 13.8. The van der Waals surface area contributed by atoms with E-state index in [0.29, 0.717) is 74.5 Å². The molecule has 0 radical (unpaired) electrons. The van der Waals surface area contributed by atoms with E-state index in [0.717, 1.165) is 6.42 Å². The number of nitrogens with one attached hydrogen (secondary N) is 2. The average Bonchev–Trinajstić information content (AvgIpc) is 3.48. The van der Waals surface area contributed by atoms with Crippen LogP contribution in [-0.4, -0.2) is 40.5 Å². The molecular weight excluding hydrogens is 598 g/mol. The van der Waals surface area contributed by atoms with E-state index in [4.69, 9.17) is 25.8 Å². The molecule has 1 fully saturated rings. The van der Waals surface area contributed by atoms with E-state index in [9.17, 15) is 10.1 Å². The summed E-state index contributed by atoms with van der Waals surface area (Å²) in [6, 6.07) is 16.2. The van der Waals surface area contributed by atoms with Crippen LogP contribution in [0, 0.1) is 11.3 Å². The second-order valence-electron chi connectivity index (χ2n) is 8.71. The Labute approximate surface area is 243 Å². The zero-order chi connectivity index (χ0) is 27.9. The molecule has 1 unspecified atom stereocenters. The fourth-order valence-corrected chi connectivity index (χ4v) is 4.48. The minimum Gasteiger partial charge on any atom is -0.486 e. The van der Waals surface area contributed by atoms with E-state index in [1.165, 1.54) is 12.3 Å². The van der Waals surface area contributed by atoms with E-state index >= 15 is 0 Å². The largest absolute Gasteiger partial charge is 0.486 e. The molecule has 202 valence electrons. The number of rotatable bonds is 9. The van der Waals surface area contributed by atoms with Crippen molar-refractivity contribution in [2.24, 2.45) is 0 Å². The molecule has 1 saturated heterocycles. The van der Waals surface area contributed by atoms with Crippen LogP contribution in [-0.2, 0) is 9.53 Å². The van der Waals surface area contributed by atoms with Gasteiger partial charge in [0.15, 0.2) is 0 Å². The predicted molar refractivity (Wildman–Crippen MR) is 157 cm³/mol. The highest BCUT2D eigenvalue weighted by Gasteiger charge is 2.21. The lowest BCUT2D eigenvalue weighted by Gasteiger charge is -2.18. The molecule has 1 aliphatic heterocycles. The number of carbonyl (C=O) groups is 1. The Bertz CT molecular complexity index is 1600. The van der Waals surface area contributed by atoms with Crippen molar-refractivity contribution in [3.05, 3.63) is 83.7 Å². The molecule has 40 heavy (non-hydrogen) atoms. The molecule has 2 N–H and O–H groups in total. The molecule has 1 amide bonds. The van der Waals surface area contributed by atoms with Crippen molar-refractivity contribution < 1.29 is 19.0 Å². The van der Waals surface area contributed by atoms with Gasteiger partial charge in [0.25, 0.3) is 0 Å². The number of carbonyl (C=O) groups excluding carboxylic acids is 1. The first-order valence-electron chi connectivity index (χ1n) is 12.3. The third-order valence-electron chi connectivity index (χ3n) is 5.94. The maximum Gasteiger partial charge on any atom is 0.248 e. The van der Waals surface area contributed by atoms with Crippen LogP contribution >= 0.6 is 27.5 Å². The number of benzene rings is 2. The van der Waals surface area contributed by atoms with Crippen LogP contribution in [0.15, 0.2) is 73.1 Å². The normalized spacial score (nSPS) is 14.7. The van der Waals surface area contributed by atoms with Crippen molar-refractivity contribution in [1.29, 1.82) is 5.26 Å². The SMILES string of the molecule is N#Cc1cnc2cc(OC3CCOC3)c(NC(=O)/C=C/CBr)cc2c1Nc1ccc(Oc2ccccn2)c(Cl)c1. The molecule has 9 nitrogen and oxygen atoms in total. The molecule has 4 aromatic rings. The first-order chi connectivity index (χ1) is 19.5. The number of fused-ring (bicyclic) bond motifs is 1. The van der Waals surface area contributed by atoms with Gasteiger partial charge in [0.2, 0.25) is 11.8 Å². The Kier molecular flexibility index (Phi) is 8.76. The molecule has 2 aromatic heterocycles. The second kappa shape index (κ2) is 12.8. The number of amides is 1. The van der Waals surface area contributed by atoms with Crippen LogP contribution in [0.4, 0.5) is 17.1 Å². The van der Waals surface area contributed by atoms with Gasteiger partial charge < -0.3 is 24.8 Å². The highest BCUT2D eigenvalue weighted by molar-refractivity contribution is 9.09. The van der Waals surface area contributed by atoms with Gasteiger partial charge >= 0.3 is 0 Å². The molecule has 11 heteroatoms. The molecule has 3 heterocycles. The summed E-state index contributed by atoms with van der Waals surface area (Å²) in [7, 11) is 0. The van der Waals surface area contributed by atoms with Crippen molar-refractivity contribution >= 4 is 61.4 Å². The van der Waals surface area contributed by atoms with Gasteiger partial charge in [0, 0.05) is 53.4 Å². The zero-order valence-corrected chi connectivity index (χ0v) is 23.4. The molecular formula is C29H23BrClN5O4. The van der Waals surface area contributed by atoms with E-state index in [-0.39, 0.29) is 12.0 Å². The molecule has 1 atom stereocenters. The lowest BCUT2D eigenvalue weighted by atomic mass is 10.1. The van der Waals surface area contributed by atoms with Crippen molar-refractivity contribution in [1.82, 2.24) is 9.97 Å². The molecule has 0 bridgehead atoms. The van der Waals surface area contributed by atoms with Crippen molar-refractivity contribution in [3.8, 4) is 23.4 Å². The van der Waals surface area contributed by atoms with Gasteiger partial charge in [-0.3, -0.25) is 9.78 Å².